The highest BCUT2D eigenvalue weighted by Crippen LogP contribution is 2.45. The maximum Gasteiger partial charge on any atom is 0.472 e. The molecule has 0 aliphatic rings. The van der Waals surface area contributed by atoms with Gasteiger partial charge in [0.2, 0.25) is 0 Å². The van der Waals surface area contributed by atoms with Crippen molar-refractivity contribution >= 4 is 39.5 Å². The summed E-state index contributed by atoms with van der Waals surface area (Å²) in [6.45, 7) is 9.57. The zero-order chi connectivity index (χ0) is 68.6. The van der Waals surface area contributed by atoms with Crippen LogP contribution < -0.4 is 0 Å². The molecular weight excluding hydrogens is 1220 g/mol. The minimum Gasteiger partial charge on any atom is -0.462 e. The molecular formula is C74H144O17P2. The van der Waals surface area contributed by atoms with Gasteiger partial charge in [0.15, 0.2) is 12.2 Å². The Morgan fingerprint density at radius 3 is 0.763 bits per heavy atom. The van der Waals surface area contributed by atoms with Crippen LogP contribution >= 0.6 is 15.6 Å². The molecule has 0 radical (unpaired) electrons. The first-order chi connectivity index (χ1) is 44.9. The Morgan fingerprint density at radius 1 is 0.301 bits per heavy atom. The van der Waals surface area contributed by atoms with Crippen molar-refractivity contribution in [3.63, 3.8) is 0 Å². The summed E-state index contributed by atoms with van der Waals surface area (Å²) in [4.78, 5) is 72.7. The zero-order valence-electron chi connectivity index (χ0n) is 60.6. The van der Waals surface area contributed by atoms with Gasteiger partial charge in [-0.25, -0.2) is 9.13 Å². The van der Waals surface area contributed by atoms with E-state index in [1.807, 2.05) is 0 Å². The predicted molar refractivity (Wildman–Crippen MR) is 377 cm³/mol. The summed E-state index contributed by atoms with van der Waals surface area (Å²) in [5.41, 5.74) is 0. The Bertz CT molecular complexity index is 1810. The summed E-state index contributed by atoms with van der Waals surface area (Å²) in [5.74, 6) is -0.578. The number of esters is 4. The lowest BCUT2D eigenvalue weighted by Crippen LogP contribution is -2.30. The number of aliphatic hydroxyl groups excluding tert-OH is 1. The van der Waals surface area contributed by atoms with Crippen LogP contribution in [-0.4, -0.2) is 96.7 Å². The average Bonchev–Trinajstić information content (AvgIpc) is 1.85. The summed E-state index contributed by atoms with van der Waals surface area (Å²) >= 11 is 0. The number of hydrogen-bond donors (Lipinski definition) is 3. The van der Waals surface area contributed by atoms with Crippen molar-refractivity contribution in [2.75, 3.05) is 39.6 Å². The Morgan fingerprint density at radius 2 is 0.516 bits per heavy atom. The summed E-state index contributed by atoms with van der Waals surface area (Å²) < 4.78 is 68.4. The first-order valence-electron chi connectivity index (χ1n) is 38.6. The first-order valence-corrected chi connectivity index (χ1v) is 41.6. The van der Waals surface area contributed by atoms with Gasteiger partial charge in [-0.3, -0.25) is 37.3 Å². The van der Waals surface area contributed by atoms with Crippen molar-refractivity contribution in [2.45, 2.75) is 400 Å². The fourth-order valence-corrected chi connectivity index (χ4v) is 12.8. The van der Waals surface area contributed by atoms with Gasteiger partial charge in [0.25, 0.3) is 0 Å². The van der Waals surface area contributed by atoms with Crippen LogP contribution in [0.4, 0.5) is 0 Å². The molecule has 0 bridgehead atoms. The van der Waals surface area contributed by atoms with Crippen LogP contribution in [0, 0.1) is 11.8 Å². The molecule has 7 atom stereocenters. The van der Waals surface area contributed by atoms with Crippen molar-refractivity contribution in [1.29, 1.82) is 0 Å². The first kappa shape index (κ1) is 91.1. The molecule has 0 fully saturated rings. The molecule has 0 aromatic heterocycles. The minimum atomic E-state index is -4.96. The number of carbonyl (C=O) groups is 4. The van der Waals surface area contributed by atoms with Gasteiger partial charge < -0.3 is 33.8 Å². The van der Waals surface area contributed by atoms with Gasteiger partial charge in [0.05, 0.1) is 26.4 Å². The number of hydrogen-bond acceptors (Lipinski definition) is 15. The molecule has 0 aromatic rings. The van der Waals surface area contributed by atoms with Crippen molar-refractivity contribution in [3.8, 4) is 0 Å². The molecule has 4 unspecified atom stereocenters. The van der Waals surface area contributed by atoms with E-state index in [0.29, 0.717) is 25.7 Å². The second kappa shape index (κ2) is 66.0. The van der Waals surface area contributed by atoms with E-state index < -0.39 is 97.5 Å². The lowest BCUT2D eigenvalue weighted by molar-refractivity contribution is -0.161. The summed E-state index contributed by atoms with van der Waals surface area (Å²) in [6, 6.07) is 0. The second-order valence-corrected chi connectivity index (χ2v) is 30.1. The van der Waals surface area contributed by atoms with Crippen molar-refractivity contribution in [2.24, 2.45) is 11.8 Å². The molecule has 0 aliphatic carbocycles. The summed E-state index contributed by atoms with van der Waals surface area (Å²) in [5, 5.41) is 10.6. The van der Waals surface area contributed by atoms with Crippen LogP contribution in [0.5, 0.6) is 0 Å². The largest absolute Gasteiger partial charge is 0.472 e. The number of rotatable bonds is 73. The van der Waals surface area contributed by atoms with Crippen LogP contribution in [0.1, 0.15) is 382 Å². The van der Waals surface area contributed by atoms with Gasteiger partial charge in [0.1, 0.15) is 19.3 Å². The van der Waals surface area contributed by atoms with E-state index in [-0.39, 0.29) is 25.7 Å². The monoisotopic (exact) mass is 1370 g/mol. The highest BCUT2D eigenvalue weighted by atomic mass is 31.2. The van der Waals surface area contributed by atoms with E-state index in [1.165, 1.54) is 193 Å². The van der Waals surface area contributed by atoms with Gasteiger partial charge in [-0.05, 0) is 37.5 Å². The third-order valence-corrected chi connectivity index (χ3v) is 19.8. The number of ether oxygens (including phenoxy) is 4. The Balaban J connectivity index is 5.24. The quantitative estimate of drug-likeness (QED) is 0.0222. The Labute approximate surface area is 568 Å². The third-order valence-electron chi connectivity index (χ3n) is 17.9. The van der Waals surface area contributed by atoms with E-state index >= 15 is 0 Å². The zero-order valence-corrected chi connectivity index (χ0v) is 62.3. The smallest absolute Gasteiger partial charge is 0.462 e. The summed E-state index contributed by atoms with van der Waals surface area (Å²) in [6.07, 6.45) is 52.6. The molecule has 0 aliphatic heterocycles. The van der Waals surface area contributed by atoms with Gasteiger partial charge in [0, 0.05) is 25.7 Å². The van der Waals surface area contributed by atoms with Crippen molar-refractivity contribution in [1.82, 2.24) is 0 Å². The van der Waals surface area contributed by atoms with Crippen LogP contribution in [0.3, 0.4) is 0 Å². The lowest BCUT2D eigenvalue weighted by Gasteiger charge is -2.21. The Hall–Kier alpha value is -1.94. The number of carbonyl (C=O) groups excluding carboxylic acids is 4. The van der Waals surface area contributed by atoms with E-state index in [4.69, 9.17) is 37.0 Å². The molecule has 93 heavy (non-hydrogen) atoms. The highest BCUT2D eigenvalue weighted by molar-refractivity contribution is 7.47. The van der Waals surface area contributed by atoms with E-state index in [1.54, 1.807) is 0 Å². The molecule has 17 nitrogen and oxygen atoms in total. The normalized spacial score (nSPS) is 14.6. The minimum absolute atomic E-state index is 0.106. The fraction of sp³-hybridized carbons (Fsp3) is 0.946. The molecule has 0 heterocycles. The van der Waals surface area contributed by atoms with Crippen molar-refractivity contribution < 1.29 is 80.2 Å². The van der Waals surface area contributed by atoms with Crippen LogP contribution in [-0.2, 0) is 65.4 Å². The standard InChI is InChI=1S/C74H144O17P2/c1-7-11-13-15-17-19-21-22-23-24-25-26-27-29-35-39-47-53-59-74(79)90-69(62-84-71(76)56-50-44-37-33-31-30-32-36-42-48-54-66(5)9-3)64-88-92(80,81)86-60-68(75)61-87-93(82,83)89-65-70(63-85-72(77)57-51-45-41-40-43-49-55-67(6)10-4)91-73(78)58-52-46-38-34-28-20-18-16-14-12-8-2/h66-70,75H,7-65H2,1-6H3,(H,80,81)(H,82,83)/t66?,67?,68-,69-,70-/m1/s1. The van der Waals surface area contributed by atoms with Gasteiger partial charge >= 0.3 is 39.5 Å². The average molecular weight is 1370 g/mol. The van der Waals surface area contributed by atoms with Crippen molar-refractivity contribution in [3.05, 3.63) is 0 Å². The van der Waals surface area contributed by atoms with Crippen LogP contribution in [0.25, 0.3) is 0 Å². The lowest BCUT2D eigenvalue weighted by atomic mass is 9.99. The van der Waals surface area contributed by atoms with Gasteiger partial charge in [-0.2, -0.15) is 0 Å². The SMILES string of the molecule is CCCCCCCCCCCCCCCCCCCCC(=O)O[C@H](COC(=O)CCCCCCCCCCCCC(C)CC)COP(=O)(O)OC[C@@H](O)COP(=O)(O)OC[C@@H](COC(=O)CCCCCCCCC(C)CC)OC(=O)CCCCCCCCCCCCC. The fourth-order valence-electron chi connectivity index (χ4n) is 11.2. The Kier molecular flexibility index (Phi) is 64.6. The molecule has 3 N–H and O–H groups in total. The van der Waals surface area contributed by atoms with Gasteiger partial charge in [-0.15, -0.1) is 0 Å². The molecule has 0 aromatic carbocycles. The van der Waals surface area contributed by atoms with E-state index in [2.05, 4.69) is 41.5 Å². The number of aliphatic hydroxyl groups is 1. The number of phosphoric acid groups is 2. The molecule has 0 spiro atoms. The predicted octanol–water partition coefficient (Wildman–Crippen LogP) is 21.6. The molecule has 0 rings (SSSR count). The molecule has 552 valence electrons. The maximum atomic E-state index is 13.1. The third kappa shape index (κ3) is 65.8. The van der Waals surface area contributed by atoms with Gasteiger partial charge in [-0.1, -0.05) is 330 Å². The van der Waals surface area contributed by atoms with E-state index in [9.17, 15) is 43.2 Å². The molecule has 0 saturated carbocycles. The van der Waals surface area contributed by atoms with Crippen LogP contribution in [0.2, 0.25) is 0 Å². The highest BCUT2D eigenvalue weighted by Gasteiger charge is 2.30. The summed E-state index contributed by atoms with van der Waals surface area (Å²) in [7, 11) is -9.91. The molecule has 19 heteroatoms. The molecule has 0 saturated heterocycles. The number of phosphoric ester groups is 2. The maximum absolute atomic E-state index is 13.1. The topological polar surface area (TPSA) is 237 Å². The number of unbranched alkanes of at least 4 members (excludes halogenated alkanes) is 41. The van der Waals surface area contributed by atoms with Crippen LogP contribution in [0.15, 0.2) is 0 Å². The molecule has 0 amide bonds. The van der Waals surface area contributed by atoms with E-state index in [0.717, 1.165) is 108 Å². The second-order valence-electron chi connectivity index (χ2n) is 27.2.